The van der Waals surface area contributed by atoms with Gasteiger partial charge in [0, 0.05) is 12.8 Å². The Morgan fingerprint density at radius 2 is 0.789 bits per heavy atom. The van der Waals surface area contributed by atoms with Crippen molar-refractivity contribution in [3.63, 3.8) is 0 Å². The van der Waals surface area contributed by atoms with Gasteiger partial charge < -0.3 is 19.3 Å². The molecule has 0 aliphatic carbocycles. The van der Waals surface area contributed by atoms with Crippen molar-refractivity contribution in [2.24, 2.45) is 0 Å². The molecule has 0 saturated heterocycles. The van der Waals surface area contributed by atoms with Gasteiger partial charge in [-0.3, -0.25) is 14.1 Å². The fraction of sp³-hybridized carbons (Fsp3) is 0.875. The van der Waals surface area contributed by atoms with Gasteiger partial charge in [0.2, 0.25) is 0 Å². The number of phosphoric acid groups is 1. The van der Waals surface area contributed by atoms with Crippen LogP contribution in [0.5, 0.6) is 0 Å². The van der Waals surface area contributed by atoms with Crippen LogP contribution in [0.25, 0.3) is 0 Å². The lowest BCUT2D eigenvalue weighted by atomic mass is 10.0. The van der Waals surface area contributed by atoms with E-state index in [0.717, 1.165) is 51.4 Å². The quantitative estimate of drug-likeness (QED) is 0.0270. The van der Waals surface area contributed by atoms with Crippen LogP contribution < -0.4 is 0 Å². The zero-order chi connectivity index (χ0) is 41.8. The lowest BCUT2D eigenvalue weighted by molar-refractivity contribution is -0.161. The number of carbonyl (C=O) groups is 2. The van der Waals surface area contributed by atoms with Crippen molar-refractivity contribution in [2.75, 3.05) is 13.2 Å². The number of hydrogen-bond donors (Lipinski definition) is 2. The second-order valence-corrected chi connectivity index (χ2v) is 17.7. The first-order valence-corrected chi connectivity index (χ1v) is 25.7. The molecule has 0 aromatic heterocycles. The van der Waals surface area contributed by atoms with Crippen LogP contribution in [0.2, 0.25) is 0 Å². The van der Waals surface area contributed by atoms with Gasteiger partial charge in [0.1, 0.15) is 6.61 Å². The second kappa shape index (κ2) is 44.1. The van der Waals surface area contributed by atoms with Crippen molar-refractivity contribution in [3.05, 3.63) is 24.3 Å². The maximum absolute atomic E-state index is 12.5. The summed E-state index contributed by atoms with van der Waals surface area (Å²) in [6.45, 7) is 3.70. The maximum Gasteiger partial charge on any atom is 0.469 e. The van der Waals surface area contributed by atoms with Gasteiger partial charge >= 0.3 is 19.8 Å². The molecule has 1 atom stereocenters. The molecule has 0 rings (SSSR count). The average molecular weight is 827 g/mol. The van der Waals surface area contributed by atoms with E-state index >= 15 is 0 Å². The number of hydrogen-bond acceptors (Lipinski definition) is 6. The Morgan fingerprint density at radius 3 is 1.19 bits per heavy atom. The fourth-order valence-electron chi connectivity index (χ4n) is 7.11. The monoisotopic (exact) mass is 827 g/mol. The number of unbranched alkanes of at least 4 members (excludes halogenated alkanes) is 31. The minimum absolute atomic E-state index is 0.210. The summed E-state index contributed by atoms with van der Waals surface area (Å²) >= 11 is 0. The van der Waals surface area contributed by atoms with E-state index in [-0.39, 0.29) is 19.4 Å². The number of carbonyl (C=O) groups excluding carboxylic acids is 2. The first-order valence-electron chi connectivity index (χ1n) is 24.1. The van der Waals surface area contributed by atoms with E-state index in [2.05, 4.69) is 42.7 Å². The standard InChI is InChI=1S/C48H91O8P/c1-3-5-7-9-11-13-15-17-19-21-23-25-26-28-30-32-34-36-38-40-42-47(49)54-44-46(45-55-57(51,52)53)56-48(50)43-41-39-37-35-33-31-29-27-24-22-20-18-16-14-12-10-8-6-4-2/h12,14,18,20,46H,3-11,13,15-17,19,21-45H2,1-2H3,(H2,51,52,53)/b14-12-,20-18-. The van der Waals surface area contributed by atoms with Crippen molar-refractivity contribution in [1.29, 1.82) is 0 Å². The average Bonchev–Trinajstić information content (AvgIpc) is 3.18. The predicted molar refractivity (Wildman–Crippen MR) is 239 cm³/mol. The number of phosphoric ester groups is 1. The summed E-state index contributed by atoms with van der Waals surface area (Å²) in [5.41, 5.74) is 0. The molecule has 0 spiro atoms. The summed E-state index contributed by atoms with van der Waals surface area (Å²) in [5.74, 6) is -0.876. The molecular weight excluding hydrogens is 735 g/mol. The van der Waals surface area contributed by atoms with Crippen LogP contribution >= 0.6 is 7.82 Å². The van der Waals surface area contributed by atoms with E-state index in [1.54, 1.807) is 0 Å². The summed E-state index contributed by atoms with van der Waals surface area (Å²) in [4.78, 5) is 43.0. The smallest absolute Gasteiger partial charge is 0.462 e. The van der Waals surface area contributed by atoms with E-state index in [4.69, 9.17) is 19.3 Å². The summed E-state index contributed by atoms with van der Waals surface area (Å²) in [6.07, 6.45) is 51.9. The largest absolute Gasteiger partial charge is 0.469 e. The van der Waals surface area contributed by atoms with Crippen molar-refractivity contribution in [2.45, 2.75) is 258 Å². The highest BCUT2D eigenvalue weighted by molar-refractivity contribution is 7.46. The fourth-order valence-corrected chi connectivity index (χ4v) is 7.47. The topological polar surface area (TPSA) is 119 Å². The van der Waals surface area contributed by atoms with Crippen LogP contribution in [0.1, 0.15) is 251 Å². The van der Waals surface area contributed by atoms with Crippen LogP contribution in [-0.4, -0.2) is 41.0 Å². The number of ether oxygens (including phenoxy) is 2. The molecular formula is C48H91O8P. The third kappa shape index (κ3) is 47.1. The number of allylic oxidation sites excluding steroid dienone is 4. The summed E-state index contributed by atoms with van der Waals surface area (Å²) in [6, 6.07) is 0. The molecule has 0 saturated carbocycles. The lowest BCUT2D eigenvalue weighted by Gasteiger charge is -2.18. The maximum atomic E-state index is 12.5. The van der Waals surface area contributed by atoms with E-state index in [0.29, 0.717) is 6.42 Å². The Bertz CT molecular complexity index is 977. The molecule has 0 aromatic carbocycles. The van der Waals surface area contributed by atoms with Crippen molar-refractivity contribution in [3.8, 4) is 0 Å². The highest BCUT2D eigenvalue weighted by Crippen LogP contribution is 2.36. The number of esters is 2. The molecule has 0 heterocycles. The molecule has 0 aromatic rings. The predicted octanol–water partition coefficient (Wildman–Crippen LogP) is 15.1. The zero-order valence-electron chi connectivity index (χ0n) is 37.3. The van der Waals surface area contributed by atoms with Gasteiger partial charge in [-0.15, -0.1) is 0 Å². The molecule has 0 radical (unpaired) electrons. The molecule has 0 fully saturated rings. The third-order valence-electron chi connectivity index (χ3n) is 10.7. The minimum atomic E-state index is -4.76. The molecule has 0 aliphatic heterocycles. The van der Waals surface area contributed by atoms with Crippen LogP contribution in [-0.2, 0) is 28.2 Å². The molecule has 0 bridgehead atoms. The molecule has 1 unspecified atom stereocenters. The van der Waals surface area contributed by atoms with Crippen LogP contribution in [0.4, 0.5) is 0 Å². The molecule has 9 heteroatoms. The highest BCUT2D eigenvalue weighted by atomic mass is 31.2. The molecule has 0 amide bonds. The number of rotatable bonds is 45. The molecule has 336 valence electrons. The Labute approximate surface area is 351 Å². The van der Waals surface area contributed by atoms with Gasteiger partial charge in [-0.05, 0) is 44.9 Å². The van der Waals surface area contributed by atoms with E-state index < -0.39 is 32.5 Å². The summed E-state index contributed by atoms with van der Waals surface area (Å²) in [7, 11) is -4.76. The van der Waals surface area contributed by atoms with Crippen LogP contribution in [0.15, 0.2) is 24.3 Å². The Balaban J connectivity index is 3.82. The van der Waals surface area contributed by atoms with E-state index in [9.17, 15) is 14.2 Å². The molecule has 57 heavy (non-hydrogen) atoms. The van der Waals surface area contributed by atoms with Crippen molar-refractivity contribution >= 4 is 19.8 Å². The first-order chi connectivity index (χ1) is 27.8. The minimum Gasteiger partial charge on any atom is -0.462 e. The highest BCUT2D eigenvalue weighted by Gasteiger charge is 2.23. The zero-order valence-corrected chi connectivity index (χ0v) is 38.1. The summed E-state index contributed by atoms with van der Waals surface area (Å²) < 4.78 is 26.5. The van der Waals surface area contributed by atoms with Crippen LogP contribution in [0, 0.1) is 0 Å². The molecule has 2 N–H and O–H groups in total. The Hall–Kier alpha value is -1.47. The van der Waals surface area contributed by atoms with Gasteiger partial charge in [0.15, 0.2) is 6.10 Å². The van der Waals surface area contributed by atoms with Crippen LogP contribution in [0.3, 0.4) is 0 Å². The van der Waals surface area contributed by atoms with Gasteiger partial charge in [0.05, 0.1) is 6.61 Å². The van der Waals surface area contributed by atoms with Gasteiger partial charge in [-0.1, -0.05) is 218 Å². The Kier molecular flexibility index (Phi) is 43.0. The third-order valence-corrected chi connectivity index (χ3v) is 11.2. The van der Waals surface area contributed by atoms with Gasteiger partial charge in [-0.25, -0.2) is 4.57 Å². The molecule has 0 aliphatic rings. The van der Waals surface area contributed by atoms with Crippen molar-refractivity contribution in [1.82, 2.24) is 0 Å². The molecule has 8 nitrogen and oxygen atoms in total. The first kappa shape index (κ1) is 55.5. The van der Waals surface area contributed by atoms with E-state index in [1.807, 2.05) is 0 Å². The van der Waals surface area contributed by atoms with Gasteiger partial charge in [0.25, 0.3) is 0 Å². The normalized spacial score (nSPS) is 12.6. The second-order valence-electron chi connectivity index (χ2n) is 16.4. The lowest BCUT2D eigenvalue weighted by Crippen LogP contribution is -2.29. The van der Waals surface area contributed by atoms with E-state index in [1.165, 1.54) is 167 Å². The van der Waals surface area contributed by atoms with Crippen molar-refractivity contribution < 1.29 is 37.9 Å². The summed E-state index contributed by atoms with van der Waals surface area (Å²) in [5, 5.41) is 0. The Morgan fingerprint density at radius 1 is 0.456 bits per heavy atom. The SMILES string of the molecule is CCCCC/C=C\C/C=C\CCCCCCCCCCCC(=O)OC(COC(=O)CCCCCCCCCCCCCCCCCCCCCC)COP(=O)(O)O. The van der Waals surface area contributed by atoms with Gasteiger partial charge in [-0.2, -0.15) is 0 Å².